The first-order chi connectivity index (χ1) is 11.0. The Kier molecular flexibility index (Phi) is 4.06. The monoisotopic (exact) mass is 347 g/mol. The van der Waals surface area contributed by atoms with Crippen LogP contribution >= 0.6 is 11.3 Å². The van der Waals surface area contributed by atoms with Crippen molar-refractivity contribution in [2.24, 2.45) is 0 Å². The highest BCUT2D eigenvalue weighted by Crippen LogP contribution is 2.26. The van der Waals surface area contributed by atoms with E-state index < -0.39 is 16.0 Å². The van der Waals surface area contributed by atoms with Gasteiger partial charge in [0.1, 0.15) is 0 Å². The van der Waals surface area contributed by atoms with Crippen molar-refractivity contribution in [1.82, 2.24) is 0 Å². The summed E-state index contributed by atoms with van der Waals surface area (Å²) in [5.74, 6) is -0.581. The molecule has 0 spiro atoms. The summed E-state index contributed by atoms with van der Waals surface area (Å²) in [6, 6.07) is 12.4. The number of thiophene rings is 1. The standard InChI is InChI=1S/C16H13NO4S2/c1-21-16(18)14-9-22-10-15(14)17-23(19,20)13-7-6-11-4-2-3-5-12(11)8-13/h2-10,17H,1H3. The van der Waals surface area contributed by atoms with Crippen molar-refractivity contribution in [2.45, 2.75) is 4.90 Å². The molecular formula is C16H13NO4S2. The highest BCUT2D eigenvalue weighted by molar-refractivity contribution is 7.92. The van der Waals surface area contributed by atoms with Crippen molar-refractivity contribution >= 4 is 43.8 Å². The molecule has 118 valence electrons. The Morgan fingerprint density at radius 2 is 1.83 bits per heavy atom. The molecule has 23 heavy (non-hydrogen) atoms. The summed E-state index contributed by atoms with van der Waals surface area (Å²) < 4.78 is 32.2. The molecule has 0 aliphatic rings. The van der Waals surface area contributed by atoms with Gasteiger partial charge in [-0.3, -0.25) is 4.72 Å². The van der Waals surface area contributed by atoms with Crippen LogP contribution in [0.25, 0.3) is 10.8 Å². The number of esters is 1. The summed E-state index contributed by atoms with van der Waals surface area (Å²) >= 11 is 1.22. The number of methoxy groups -OCH3 is 1. The topological polar surface area (TPSA) is 72.5 Å². The highest BCUT2D eigenvalue weighted by Gasteiger charge is 2.20. The second-order valence-electron chi connectivity index (χ2n) is 4.81. The fraction of sp³-hybridized carbons (Fsp3) is 0.0625. The molecule has 0 bridgehead atoms. The largest absolute Gasteiger partial charge is 0.465 e. The summed E-state index contributed by atoms with van der Waals surface area (Å²) in [5.41, 5.74) is 0.414. The molecule has 0 aliphatic carbocycles. The number of sulfonamides is 1. The van der Waals surface area contributed by atoms with E-state index in [9.17, 15) is 13.2 Å². The van der Waals surface area contributed by atoms with Crippen LogP contribution in [0.1, 0.15) is 10.4 Å². The number of hydrogen-bond donors (Lipinski definition) is 1. The van der Waals surface area contributed by atoms with Crippen LogP contribution in [-0.4, -0.2) is 21.5 Å². The molecule has 1 heterocycles. The first-order valence-corrected chi connectivity index (χ1v) is 9.10. The number of nitrogens with one attached hydrogen (secondary N) is 1. The second kappa shape index (κ2) is 6.02. The fourth-order valence-electron chi connectivity index (χ4n) is 2.18. The predicted octanol–water partition coefficient (Wildman–Crippen LogP) is 3.49. The average molecular weight is 347 g/mol. The number of hydrogen-bond acceptors (Lipinski definition) is 5. The Morgan fingerprint density at radius 3 is 2.57 bits per heavy atom. The van der Waals surface area contributed by atoms with Gasteiger partial charge in [0.15, 0.2) is 0 Å². The third-order valence-corrected chi connectivity index (χ3v) is 5.45. The van der Waals surface area contributed by atoms with Crippen LogP contribution in [0.5, 0.6) is 0 Å². The van der Waals surface area contributed by atoms with Gasteiger partial charge in [0.25, 0.3) is 10.0 Å². The zero-order valence-corrected chi connectivity index (χ0v) is 13.8. The van der Waals surface area contributed by atoms with Gasteiger partial charge in [-0.15, -0.1) is 11.3 Å². The molecule has 1 N–H and O–H groups in total. The minimum absolute atomic E-state index is 0.137. The molecule has 5 nitrogen and oxygen atoms in total. The molecule has 7 heteroatoms. The number of benzene rings is 2. The Morgan fingerprint density at radius 1 is 1.09 bits per heavy atom. The van der Waals surface area contributed by atoms with Crippen LogP contribution in [0.4, 0.5) is 5.69 Å². The van der Waals surface area contributed by atoms with E-state index in [1.54, 1.807) is 22.9 Å². The van der Waals surface area contributed by atoms with E-state index in [0.717, 1.165) is 10.8 Å². The minimum Gasteiger partial charge on any atom is -0.465 e. The van der Waals surface area contributed by atoms with Crippen molar-refractivity contribution in [3.63, 3.8) is 0 Å². The van der Waals surface area contributed by atoms with E-state index in [2.05, 4.69) is 9.46 Å². The van der Waals surface area contributed by atoms with Crippen LogP contribution in [0, 0.1) is 0 Å². The number of rotatable bonds is 4. The molecule has 0 saturated heterocycles. The highest BCUT2D eigenvalue weighted by atomic mass is 32.2. The van der Waals surface area contributed by atoms with Crippen molar-refractivity contribution in [3.05, 3.63) is 58.8 Å². The van der Waals surface area contributed by atoms with Crippen molar-refractivity contribution in [1.29, 1.82) is 0 Å². The lowest BCUT2D eigenvalue weighted by Crippen LogP contribution is -2.15. The van der Waals surface area contributed by atoms with Crippen molar-refractivity contribution < 1.29 is 17.9 Å². The normalized spacial score (nSPS) is 11.3. The van der Waals surface area contributed by atoms with Crippen LogP contribution in [0.2, 0.25) is 0 Å². The SMILES string of the molecule is COC(=O)c1cscc1NS(=O)(=O)c1ccc2ccccc2c1. The van der Waals surface area contributed by atoms with E-state index in [4.69, 9.17) is 0 Å². The summed E-state index contributed by atoms with van der Waals surface area (Å²) in [6.45, 7) is 0. The molecular weight excluding hydrogens is 334 g/mol. The lowest BCUT2D eigenvalue weighted by Gasteiger charge is -2.09. The minimum atomic E-state index is -3.79. The lowest BCUT2D eigenvalue weighted by atomic mass is 10.1. The first-order valence-electron chi connectivity index (χ1n) is 6.67. The molecule has 0 fully saturated rings. The van der Waals surface area contributed by atoms with Crippen molar-refractivity contribution in [3.8, 4) is 0 Å². The number of anilines is 1. The number of fused-ring (bicyclic) bond motifs is 1. The van der Waals surface area contributed by atoms with Gasteiger partial charge in [0.2, 0.25) is 0 Å². The average Bonchev–Trinajstić information content (AvgIpc) is 3.01. The summed E-state index contributed by atoms with van der Waals surface area (Å²) in [5, 5.41) is 4.89. The third kappa shape index (κ3) is 3.06. The van der Waals surface area contributed by atoms with Crippen LogP contribution in [0.3, 0.4) is 0 Å². The quantitative estimate of drug-likeness (QED) is 0.733. The maximum absolute atomic E-state index is 12.5. The molecule has 0 unspecified atom stereocenters. The van der Waals surface area contributed by atoms with Gasteiger partial charge in [-0.1, -0.05) is 30.3 Å². The fourth-order valence-corrected chi connectivity index (χ4v) is 4.11. The maximum atomic E-state index is 12.5. The van der Waals surface area contributed by atoms with Gasteiger partial charge in [0.05, 0.1) is 23.3 Å². The molecule has 0 aliphatic heterocycles. The van der Waals surface area contributed by atoms with Gasteiger partial charge < -0.3 is 4.74 Å². The lowest BCUT2D eigenvalue weighted by molar-refractivity contribution is 0.0602. The van der Waals surface area contributed by atoms with Crippen LogP contribution < -0.4 is 4.72 Å². The Bertz CT molecular complexity index is 976. The van der Waals surface area contributed by atoms with Crippen molar-refractivity contribution in [2.75, 3.05) is 11.8 Å². The Labute approximate surface area is 137 Å². The summed E-state index contributed by atoms with van der Waals surface area (Å²) in [7, 11) is -2.54. The zero-order chi connectivity index (χ0) is 16.4. The van der Waals surface area contributed by atoms with Gasteiger partial charge in [-0.2, -0.15) is 0 Å². The molecule has 0 atom stereocenters. The first kappa shape index (κ1) is 15.5. The molecule has 3 aromatic rings. The third-order valence-electron chi connectivity index (χ3n) is 3.34. The van der Waals surface area contributed by atoms with Crippen LogP contribution in [-0.2, 0) is 14.8 Å². The molecule has 3 rings (SSSR count). The van der Waals surface area contributed by atoms with Gasteiger partial charge in [0, 0.05) is 10.8 Å². The van der Waals surface area contributed by atoms with E-state index >= 15 is 0 Å². The molecule has 0 radical (unpaired) electrons. The number of ether oxygens (including phenoxy) is 1. The maximum Gasteiger partial charge on any atom is 0.340 e. The molecule has 0 amide bonds. The molecule has 2 aromatic carbocycles. The number of carbonyl (C=O) groups excluding carboxylic acids is 1. The van der Waals surface area contributed by atoms with E-state index in [0.29, 0.717) is 0 Å². The Balaban J connectivity index is 1.98. The van der Waals surface area contributed by atoms with Gasteiger partial charge in [-0.05, 0) is 22.9 Å². The smallest absolute Gasteiger partial charge is 0.340 e. The van der Waals surface area contributed by atoms with Gasteiger partial charge >= 0.3 is 5.97 Å². The molecule has 0 saturated carbocycles. The van der Waals surface area contributed by atoms with Crippen LogP contribution in [0.15, 0.2) is 58.1 Å². The Hall–Kier alpha value is -2.38. The molecule has 1 aromatic heterocycles. The summed E-state index contributed by atoms with van der Waals surface area (Å²) in [6.07, 6.45) is 0. The van der Waals surface area contributed by atoms with E-state index in [1.165, 1.54) is 24.5 Å². The summed E-state index contributed by atoms with van der Waals surface area (Å²) in [4.78, 5) is 11.8. The second-order valence-corrected chi connectivity index (χ2v) is 7.23. The zero-order valence-electron chi connectivity index (χ0n) is 12.1. The number of carbonyl (C=O) groups is 1. The predicted molar refractivity (Wildman–Crippen MR) is 90.4 cm³/mol. The van der Waals surface area contributed by atoms with E-state index in [-0.39, 0.29) is 16.1 Å². The van der Waals surface area contributed by atoms with Gasteiger partial charge in [-0.25, -0.2) is 13.2 Å². The van der Waals surface area contributed by atoms with E-state index in [1.807, 2.05) is 24.3 Å².